The molecule has 1 amide bonds. The van der Waals surface area contributed by atoms with Crippen LogP contribution in [0.5, 0.6) is 0 Å². The maximum absolute atomic E-state index is 12.7. The molecule has 3 rings (SSSR count). The lowest BCUT2D eigenvalue weighted by molar-refractivity contribution is 0.0725. The summed E-state index contributed by atoms with van der Waals surface area (Å²) in [6.07, 6.45) is 2.18. The van der Waals surface area contributed by atoms with E-state index < -0.39 is 15.1 Å². The fourth-order valence-corrected chi connectivity index (χ4v) is 4.87. The third-order valence-corrected chi connectivity index (χ3v) is 6.95. The Hall–Kier alpha value is -2.42. The summed E-state index contributed by atoms with van der Waals surface area (Å²) in [5, 5.41) is 6.83. The van der Waals surface area contributed by atoms with Crippen LogP contribution in [0.15, 0.2) is 35.7 Å². The summed E-state index contributed by atoms with van der Waals surface area (Å²) in [5.74, 6) is -0.0650. The molecule has 2 aromatic rings. The average Bonchev–Trinajstić information content (AvgIpc) is 3.08. The number of nitrogens with zero attached hydrogens (tertiary/aromatic N) is 5. The molecular formula is C17H23N5O3S. The first kappa shape index (κ1) is 18.4. The van der Waals surface area contributed by atoms with Gasteiger partial charge in [-0.05, 0) is 37.1 Å². The Kier molecular flexibility index (Phi) is 4.99. The van der Waals surface area contributed by atoms with Gasteiger partial charge in [0, 0.05) is 45.5 Å². The second-order valence-electron chi connectivity index (χ2n) is 6.70. The zero-order valence-corrected chi connectivity index (χ0v) is 16.0. The topological polar surface area (TPSA) is 88.4 Å². The summed E-state index contributed by atoms with van der Waals surface area (Å²) in [6, 6.07) is 7.41. The zero-order valence-electron chi connectivity index (χ0n) is 15.2. The molecule has 1 saturated heterocycles. The SMILES string of the molecule is CN(C)c1ccc(C(=O)N2CCC(S(=O)(=O)c3nncn3C)CC2)cc1. The van der Waals surface area contributed by atoms with Crippen molar-refractivity contribution in [3.05, 3.63) is 36.2 Å². The van der Waals surface area contributed by atoms with Gasteiger partial charge in [-0.25, -0.2) is 8.42 Å². The quantitative estimate of drug-likeness (QED) is 0.789. The van der Waals surface area contributed by atoms with Gasteiger partial charge in [-0.15, -0.1) is 10.2 Å². The molecule has 0 bridgehead atoms. The van der Waals surface area contributed by atoms with E-state index in [0.717, 1.165) is 5.69 Å². The van der Waals surface area contributed by atoms with Crippen molar-refractivity contribution in [2.24, 2.45) is 7.05 Å². The van der Waals surface area contributed by atoms with Crippen LogP contribution >= 0.6 is 0 Å². The minimum Gasteiger partial charge on any atom is -0.378 e. The maximum Gasteiger partial charge on any atom is 0.253 e. The highest BCUT2D eigenvalue weighted by Crippen LogP contribution is 2.24. The number of anilines is 1. The summed E-state index contributed by atoms with van der Waals surface area (Å²) < 4.78 is 26.8. The van der Waals surface area contributed by atoms with Gasteiger partial charge in [0.05, 0.1) is 5.25 Å². The van der Waals surface area contributed by atoms with E-state index in [4.69, 9.17) is 0 Å². The van der Waals surface area contributed by atoms with Crippen molar-refractivity contribution >= 4 is 21.4 Å². The fourth-order valence-electron chi connectivity index (χ4n) is 3.13. The second kappa shape index (κ2) is 7.06. The molecule has 1 aromatic heterocycles. The Morgan fingerprint density at radius 2 is 1.77 bits per heavy atom. The second-order valence-corrected chi connectivity index (χ2v) is 8.82. The number of hydrogen-bond acceptors (Lipinski definition) is 6. The number of carbonyl (C=O) groups excluding carboxylic acids is 1. The van der Waals surface area contributed by atoms with Gasteiger partial charge in [-0.2, -0.15) is 0 Å². The van der Waals surface area contributed by atoms with E-state index in [1.807, 2.05) is 31.1 Å². The van der Waals surface area contributed by atoms with Gasteiger partial charge in [0.25, 0.3) is 5.91 Å². The van der Waals surface area contributed by atoms with E-state index >= 15 is 0 Å². The van der Waals surface area contributed by atoms with Crippen LogP contribution in [-0.4, -0.2) is 66.4 Å². The summed E-state index contributed by atoms with van der Waals surface area (Å²) in [5.41, 5.74) is 1.64. The van der Waals surface area contributed by atoms with E-state index in [1.165, 1.54) is 10.9 Å². The van der Waals surface area contributed by atoms with Crippen LogP contribution < -0.4 is 4.90 Å². The van der Waals surface area contributed by atoms with Gasteiger partial charge in [0.15, 0.2) is 0 Å². The first-order valence-electron chi connectivity index (χ1n) is 8.45. The minimum absolute atomic E-state index is 0.0125. The van der Waals surface area contributed by atoms with Crippen molar-refractivity contribution in [1.29, 1.82) is 0 Å². The first-order chi connectivity index (χ1) is 12.3. The van der Waals surface area contributed by atoms with Crippen molar-refractivity contribution in [2.45, 2.75) is 23.2 Å². The molecule has 1 aliphatic rings. The maximum atomic E-state index is 12.7. The van der Waals surface area contributed by atoms with Crippen molar-refractivity contribution in [1.82, 2.24) is 19.7 Å². The molecule has 1 aromatic carbocycles. The number of aromatic nitrogens is 3. The largest absolute Gasteiger partial charge is 0.378 e. The third kappa shape index (κ3) is 3.44. The van der Waals surface area contributed by atoms with Gasteiger partial charge in [0.1, 0.15) is 6.33 Å². The van der Waals surface area contributed by atoms with E-state index in [9.17, 15) is 13.2 Å². The molecule has 1 aliphatic heterocycles. The highest BCUT2D eigenvalue weighted by Gasteiger charge is 2.35. The number of hydrogen-bond donors (Lipinski definition) is 0. The molecule has 9 heteroatoms. The Morgan fingerprint density at radius 3 is 2.27 bits per heavy atom. The highest BCUT2D eigenvalue weighted by atomic mass is 32.2. The fraction of sp³-hybridized carbons (Fsp3) is 0.471. The Labute approximate surface area is 153 Å². The predicted octanol–water partition coefficient (Wildman–Crippen LogP) is 0.960. The summed E-state index contributed by atoms with van der Waals surface area (Å²) in [4.78, 5) is 16.3. The number of piperidine rings is 1. The van der Waals surface area contributed by atoms with Gasteiger partial charge in [-0.3, -0.25) is 4.79 Å². The predicted molar refractivity (Wildman–Crippen MR) is 97.9 cm³/mol. The molecule has 0 N–H and O–H groups in total. The molecule has 0 saturated carbocycles. The standard InChI is InChI=1S/C17H23N5O3S/c1-20(2)14-6-4-13(5-7-14)16(23)22-10-8-15(9-11-22)26(24,25)17-19-18-12-21(17)3/h4-7,12,15H,8-11H2,1-3H3. The van der Waals surface area contributed by atoms with Gasteiger partial charge >= 0.3 is 0 Å². The number of carbonyl (C=O) groups is 1. The normalized spacial score (nSPS) is 15.9. The number of amides is 1. The molecule has 0 radical (unpaired) electrons. The number of sulfone groups is 1. The molecule has 26 heavy (non-hydrogen) atoms. The highest BCUT2D eigenvalue weighted by molar-refractivity contribution is 7.91. The number of rotatable bonds is 4. The lowest BCUT2D eigenvalue weighted by Crippen LogP contribution is -2.42. The average molecular weight is 377 g/mol. The van der Waals surface area contributed by atoms with Gasteiger partial charge in [0.2, 0.25) is 15.0 Å². The van der Waals surface area contributed by atoms with E-state index in [0.29, 0.717) is 31.5 Å². The van der Waals surface area contributed by atoms with Crippen molar-refractivity contribution in [2.75, 3.05) is 32.1 Å². The van der Waals surface area contributed by atoms with Crippen LogP contribution in [-0.2, 0) is 16.9 Å². The monoisotopic (exact) mass is 377 g/mol. The van der Waals surface area contributed by atoms with E-state index in [-0.39, 0.29) is 11.1 Å². The molecule has 0 atom stereocenters. The van der Waals surface area contributed by atoms with Gasteiger partial charge < -0.3 is 14.4 Å². The van der Waals surface area contributed by atoms with Crippen molar-refractivity contribution in [3.8, 4) is 0 Å². The number of likely N-dealkylation sites (tertiary alicyclic amines) is 1. The molecule has 2 heterocycles. The molecule has 0 aliphatic carbocycles. The zero-order chi connectivity index (χ0) is 18.9. The molecular weight excluding hydrogens is 354 g/mol. The van der Waals surface area contributed by atoms with Crippen LogP contribution in [0.1, 0.15) is 23.2 Å². The van der Waals surface area contributed by atoms with Crippen LogP contribution in [0.3, 0.4) is 0 Å². The van der Waals surface area contributed by atoms with Crippen LogP contribution in [0.4, 0.5) is 5.69 Å². The third-order valence-electron chi connectivity index (χ3n) is 4.72. The van der Waals surface area contributed by atoms with Crippen molar-refractivity contribution in [3.63, 3.8) is 0 Å². The molecule has 1 fully saturated rings. The number of benzene rings is 1. The number of aryl methyl sites for hydroxylation is 1. The van der Waals surface area contributed by atoms with Gasteiger partial charge in [-0.1, -0.05) is 0 Å². The molecule has 0 spiro atoms. The van der Waals surface area contributed by atoms with Crippen molar-refractivity contribution < 1.29 is 13.2 Å². The summed E-state index contributed by atoms with van der Waals surface area (Å²) in [7, 11) is 1.97. The molecule has 140 valence electrons. The Morgan fingerprint density at radius 1 is 1.15 bits per heavy atom. The summed E-state index contributed by atoms with van der Waals surface area (Å²) in [6.45, 7) is 0.825. The van der Waals surface area contributed by atoms with Crippen LogP contribution in [0.25, 0.3) is 0 Å². The molecule has 0 unspecified atom stereocenters. The van der Waals surface area contributed by atoms with E-state index in [2.05, 4.69) is 10.2 Å². The van der Waals surface area contributed by atoms with Crippen LogP contribution in [0.2, 0.25) is 0 Å². The Balaban J connectivity index is 1.66. The molecule has 8 nitrogen and oxygen atoms in total. The smallest absolute Gasteiger partial charge is 0.253 e. The van der Waals surface area contributed by atoms with E-state index in [1.54, 1.807) is 24.1 Å². The Bertz CT molecular complexity index is 881. The summed E-state index contributed by atoms with van der Waals surface area (Å²) >= 11 is 0. The lowest BCUT2D eigenvalue weighted by Gasteiger charge is -2.31. The lowest BCUT2D eigenvalue weighted by atomic mass is 10.1. The first-order valence-corrected chi connectivity index (χ1v) is 10.00. The minimum atomic E-state index is -3.53. The van der Waals surface area contributed by atoms with Crippen LogP contribution in [0, 0.1) is 0 Å².